The summed E-state index contributed by atoms with van der Waals surface area (Å²) in [5.74, 6) is 1.72. The van der Waals surface area contributed by atoms with E-state index in [1.807, 2.05) is 36.4 Å². The summed E-state index contributed by atoms with van der Waals surface area (Å²) in [7, 11) is -2.07. The average Bonchev–Trinajstić information content (AvgIpc) is 3.28. The van der Waals surface area contributed by atoms with Gasteiger partial charge in [-0.2, -0.15) is 4.31 Å². The van der Waals surface area contributed by atoms with E-state index in [4.69, 9.17) is 14.2 Å². The van der Waals surface area contributed by atoms with Crippen molar-refractivity contribution in [2.24, 2.45) is 11.8 Å². The molecular formula is C33H42N2O6S. The van der Waals surface area contributed by atoms with E-state index in [9.17, 15) is 13.2 Å². The Labute approximate surface area is 249 Å². The largest absolute Gasteiger partial charge is 0.493 e. The number of carbonyl (C=O) groups excluding carboxylic acids is 1. The van der Waals surface area contributed by atoms with Crippen LogP contribution in [0, 0.1) is 11.8 Å². The van der Waals surface area contributed by atoms with Crippen molar-refractivity contribution in [3.8, 4) is 17.2 Å². The Morgan fingerprint density at radius 2 is 2.00 bits per heavy atom. The first-order valence-electron chi connectivity index (χ1n) is 15.1. The van der Waals surface area contributed by atoms with E-state index in [2.05, 4.69) is 25.3 Å². The van der Waals surface area contributed by atoms with Crippen LogP contribution in [0.4, 0.5) is 0 Å². The topological polar surface area (TPSA) is 85.4 Å². The number of piperidine rings is 1. The number of benzene rings is 2. The van der Waals surface area contributed by atoms with Gasteiger partial charge in [0, 0.05) is 48.7 Å². The van der Waals surface area contributed by atoms with Gasteiger partial charge in [-0.1, -0.05) is 50.3 Å². The lowest BCUT2D eigenvalue weighted by atomic mass is 9.51. The number of methoxy groups -OCH3 is 1. The molecule has 2 bridgehead atoms. The number of likely N-dealkylation sites (tertiary alicyclic amines) is 1. The van der Waals surface area contributed by atoms with Crippen molar-refractivity contribution in [1.29, 1.82) is 0 Å². The number of sulfonamides is 1. The standard InChI is InChI=1S/C33H42N2O6S/c1-6-15-34-16-14-33-25-12-13-26(35(19-21(2)3)42(37,38)20-23-10-8-7-9-11-23)32(33)41-31-29(39-5)18-28(40-22(4)36)24(30(31)33)17-27(25)34/h6-11,18,21,25-27,32H,1,12-17,19-20H2,2-5H3/t25-,26-,27+,32-,33-/m0/s1. The van der Waals surface area contributed by atoms with Crippen LogP contribution in [-0.2, 0) is 32.4 Å². The van der Waals surface area contributed by atoms with Crippen molar-refractivity contribution in [2.45, 2.75) is 75.8 Å². The molecule has 2 fully saturated rings. The van der Waals surface area contributed by atoms with Gasteiger partial charge in [0.05, 0.1) is 18.9 Å². The van der Waals surface area contributed by atoms with Crippen LogP contribution in [-0.4, -0.2) is 68.5 Å². The van der Waals surface area contributed by atoms with E-state index < -0.39 is 15.4 Å². The molecule has 0 N–H and O–H groups in total. The molecule has 0 unspecified atom stereocenters. The molecule has 2 aliphatic heterocycles. The second-order valence-electron chi connectivity index (χ2n) is 12.7. The number of hydrogen-bond acceptors (Lipinski definition) is 7. The van der Waals surface area contributed by atoms with Crippen molar-refractivity contribution in [1.82, 2.24) is 9.21 Å². The summed E-state index contributed by atoms with van der Waals surface area (Å²) in [6.45, 7) is 11.6. The highest BCUT2D eigenvalue weighted by molar-refractivity contribution is 7.88. The monoisotopic (exact) mass is 594 g/mol. The summed E-state index contributed by atoms with van der Waals surface area (Å²) in [5.41, 5.74) is 2.42. The quantitative estimate of drug-likeness (QED) is 0.224. The highest BCUT2D eigenvalue weighted by atomic mass is 32.2. The fourth-order valence-electron chi connectivity index (χ4n) is 8.40. The average molecular weight is 595 g/mol. The van der Waals surface area contributed by atoms with Gasteiger partial charge in [-0.05, 0) is 49.6 Å². The third kappa shape index (κ3) is 4.64. The van der Waals surface area contributed by atoms with Crippen LogP contribution in [0.25, 0.3) is 0 Å². The Kier molecular flexibility index (Phi) is 7.64. The maximum absolute atomic E-state index is 14.2. The molecule has 2 aliphatic carbocycles. The van der Waals surface area contributed by atoms with Gasteiger partial charge >= 0.3 is 5.97 Å². The third-order valence-electron chi connectivity index (χ3n) is 9.78. The lowest BCUT2D eigenvalue weighted by Crippen LogP contribution is -2.69. The third-order valence-corrected chi connectivity index (χ3v) is 11.6. The predicted octanol–water partition coefficient (Wildman–Crippen LogP) is 4.70. The SMILES string of the molecule is C=CCN1CC[C@]23c4c5c(OC(C)=O)cc(OC)c4O[C@H]2[C@@H](N(CC(C)C)S(=O)(=O)Cc2ccccc2)CC[C@H]3[C@H]1C5. The molecule has 2 aromatic rings. The Hall–Kier alpha value is -2.88. The molecule has 8 nitrogen and oxygen atoms in total. The van der Waals surface area contributed by atoms with E-state index in [1.54, 1.807) is 17.5 Å². The summed E-state index contributed by atoms with van der Waals surface area (Å²) in [5, 5.41) is 0. The van der Waals surface area contributed by atoms with Gasteiger partial charge in [-0.15, -0.1) is 6.58 Å². The number of nitrogens with zero attached hydrogens (tertiary/aromatic N) is 2. The van der Waals surface area contributed by atoms with E-state index in [-0.39, 0.29) is 41.7 Å². The molecular weight excluding hydrogens is 552 g/mol. The maximum Gasteiger partial charge on any atom is 0.308 e. The van der Waals surface area contributed by atoms with E-state index >= 15 is 0 Å². The highest BCUT2D eigenvalue weighted by Gasteiger charge is 2.67. The van der Waals surface area contributed by atoms with Gasteiger partial charge in [0.2, 0.25) is 10.0 Å². The summed E-state index contributed by atoms with van der Waals surface area (Å²) in [4.78, 5) is 14.7. The first-order chi connectivity index (χ1) is 20.1. The second-order valence-corrected chi connectivity index (χ2v) is 14.6. The Morgan fingerprint density at radius 1 is 1.24 bits per heavy atom. The van der Waals surface area contributed by atoms with Crippen LogP contribution < -0.4 is 14.2 Å². The highest BCUT2D eigenvalue weighted by Crippen LogP contribution is 2.66. The molecule has 226 valence electrons. The molecule has 0 amide bonds. The molecule has 0 radical (unpaired) electrons. The summed E-state index contributed by atoms with van der Waals surface area (Å²) in [6.07, 6.45) is 4.75. The van der Waals surface area contributed by atoms with Crippen LogP contribution >= 0.6 is 0 Å². The first kappa shape index (κ1) is 29.2. The molecule has 1 saturated heterocycles. The molecule has 0 aromatic heterocycles. The summed E-state index contributed by atoms with van der Waals surface area (Å²) >= 11 is 0. The molecule has 1 saturated carbocycles. The van der Waals surface area contributed by atoms with E-state index in [1.165, 1.54) is 6.92 Å². The minimum absolute atomic E-state index is 0.0476. The Balaban J connectivity index is 1.50. The molecule has 42 heavy (non-hydrogen) atoms. The minimum atomic E-state index is -3.67. The van der Waals surface area contributed by atoms with Crippen LogP contribution in [0.2, 0.25) is 0 Å². The lowest BCUT2D eigenvalue weighted by molar-refractivity contribution is -0.132. The smallest absolute Gasteiger partial charge is 0.308 e. The molecule has 2 aromatic carbocycles. The maximum atomic E-state index is 14.2. The molecule has 4 aliphatic rings. The van der Waals surface area contributed by atoms with Gasteiger partial charge < -0.3 is 14.2 Å². The number of rotatable bonds is 10. The van der Waals surface area contributed by atoms with Gasteiger partial charge in [0.15, 0.2) is 11.5 Å². The van der Waals surface area contributed by atoms with Crippen molar-refractivity contribution >= 4 is 16.0 Å². The van der Waals surface area contributed by atoms with Gasteiger partial charge in [-0.25, -0.2) is 8.42 Å². The molecule has 9 heteroatoms. The zero-order valence-corrected chi connectivity index (χ0v) is 25.9. The van der Waals surface area contributed by atoms with Crippen LogP contribution in [0.15, 0.2) is 49.1 Å². The van der Waals surface area contributed by atoms with Gasteiger partial charge in [-0.3, -0.25) is 9.69 Å². The molecule has 6 rings (SSSR count). The van der Waals surface area contributed by atoms with Crippen molar-refractivity contribution in [2.75, 3.05) is 26.7 Å². The fraction of sp³-hybridized carbons (Fsp3) is 0.545. The van der Waals surface area contributed by atoms with Crippen LogP contribution in [0.1, 0.15) is 56.7 Å². The molecule has 5 atom stereocenters. The minimum Gasteiger partial charge on any atom is -0.493 e. The number of carbonyl (C=O) groups is 1. The summed E-state index contributed by atoms with van der Waals surface area (Å²) < 4.78 is 48.8. The Morgan fingerprint density at radius 3 is 2.67 bits per heavy atom. The predicted molar refractivity (Wildman–Crippen MR) is 161 cm³/mol. The Bertz CT molecular complexity index is 1480. The molecule has 2 heterocycles. The number of hydrogen-bond donors (Lipinski definition) is 0. The number of ether oxygens (including phenoxy) is 3. The fourth-order valence-corrected chi connectivity index (χ4v) is 10.3. The van der Waals surface area contributed by atoms with Crippen LogP contribution in [0.5, 0.6) is 17.2 Å². The van der Waals surface area contributed by atoms with Gasteiger partial charge in [0.1, 0.15) is 11.9 Å². The summed E-state index contributed by atoms with van der Waals surface area (Å²) in [6, 6.07) is 11.1. The lowest BCUT2D eigenvalue weighted by Gasteiger charge is -2.60. The van der Waals surface area contributed by atoms with Crippen LogP contribution in [0.3, 0.4) is 0 Å². The van der Waals surface area contributed by atoms with Crippen molar-refractivity contribution in [3.05, 3.63) is 65.7 Å². The van der Waals surface area contributed by atoms with Crippen molar-refractivity contribution < 1.29 is 27.4 Å². The second kappa shape index (κ2) is 11.0. The molecule has 1 spiro atoms. The zero-order chi connectivity index (χ0) is 29.8. The van der Waals surface area contributed by atoms with E-state index in [0.717, 1.165) is 55.5 Å². The number of esters is 1. The van der Waals surface area contributed by atoms with Gasteiger partial charge in [0.25, 0.3) is 0 Å². The zero-order valence-electron chi connectivity index (χ0n) is 25.0. The van der Waals surface area contributed by atoms with Crippen molar-refractivity contribution in [3.63, 3.8) is 0 Å². The van der Waals surface area contributed by atoms with E-state index in [0.29, 0.717) is 23.8 Å². The normalized spacial score (nSPS) is 27.9. The first-order valence-corrected chi connectivity index (χ1v) is 16.7.